The van der Waals surface area contributed by atoms with Crippen LogP contribution in [0.15, 0.2) is 35.3 Å². The van der Waals surface area contributed by atoms with Gasteiger partial charge in [-0.2, -0.15) is 5.10 Å². The molecule has 0 bridgehead atoms. The first kappa shape index (κ1) is 27.0. The number of benzene rings is 1. The number of amides is 2. The molecule has 0 spiro atoms. The number of fused-ring (bicyclic) bond motifs is 1. The Bertz CT molecular complexity index is 1420. The molecule has 4 heterocycles. The predicted octanol–water partition coefficient (Wildman–Crippen LogP) is 3.99. The highest BCUT2D eigenvalue weighted by Crippen LogP contribution is 2.37. The molecule has 1 fully saturated rings. The van der Waals surface area contributed by atoms with Crippen LogP contribution in [0.3, 0.4) is 0 Å². The number of piperidine rings is 1. The molecule has 0 unspecified atom stereocenters. The van der Waals surface area contributed by atoms with Crippen molar-refractivity contribution in [2.75, 3.05) is 13.1 Å². The minimum Gasteiger partial charge on any atom is -0.384 e. The van der Waals surface area contributed by atoms with Crippen LogP contribution < -0.4 is 10.9 Å². The van der Waals surface area contributed by atoms with Crippen molar-refractivity contribution in [3.05, 3.63) is 80.8 Å². The van der Waals surface area contributed by atoms with Crippen LogP contribution in [0, 0.1) is 18.6 Å². The summed E-state index contributed by atoms with van der Waals surface area (Å²) in [6.45, 7) is 6.40. The average molecular weight is 541 g/mol. The maximum absolute atomic E-state index is 14.8. The summed E-state index contributed by atoms with van der Waals surface area (Å²) in [5.74, 6) is -1.51. The van der Waals surface area contributed by atoms with Crippen molar-refractivity contribution in [3.8, 4) is 0 Å². The lowest BCUT2D eigenvalue weighted by Crippen LogP contribution is -2.46. The van der Waals surface area contributed by atoms with Gasteiger partial charge in [0.1, 0.15) is 11.4 Å². The Kier molecular flexibility index (Phi) is 7.28. The number of aromatic nitrogens is 4. The van der Waals surface area contributed by atoms with Crippen LogP contribution in [0.2, 0.25) is 0 Å². The Morgan fingerprint density at radius 1 is 1.13 bits per heavy atom. The van der Waals surface area contributed by atoms with E-state index in [2.05, 4.69) is 20.5 Å². The van der Waals surface area contributed by atoms with Gasteiger partial charge in [0.2, 0.25) is 0 Å². The van der Waals surface area contributed by atoms with E-state index in [1.54, 1.807) is 31.0 Å². The third-order valence-electron chi connectivity index (χ3n) is 7.93. The average Bonchev–Trinajstić information content (AvgIpc) is 3.25. The predicted molar refractivity (Wildman–Crippen MR) is 140 cm³/mol. The highest BCUT2D eigenvalue weighted by molar-refractivity contribution is 5.74. The first-order valence-corrected chi connectivity index (χ1v) is 13.4. The Hall–Kier alpha value is -3.60. The molecule has 1 saturated heterocycles. The number of aryl methyl sites for hydroxylation is 1. The molecule has 9 nitrogen and oxygen atoms in total. The van der Waals surface area contributed by atoms with Crippen molar-refractivity contribution in [3.63, 3.8) is 0 Å². The number of halogens is 2. The van der Waals surface area contributed by atoms with Crippen LogP contribution in [0.1, 0.15) is 85.7 Å². The molecular formula is C28H34F2N6O3. The van der Waals surface area contributed by atoms with Crippen molar-refractivity contribution in [1.82, 2.24) is 30.0 Å². The van der Waals surface area contributed by atoms with Gasteiger partial charge < -0.3 is 19.9 Å². The number of likely N-dealkylation sites (tertiary alicyclic amines) is 1. The van der Waals surface area contributed by atoms with Gasteiger partial charge in [-0.05, 0) is 70.1 Å². The van der Waals surface area contributed by atoms with E-state index in [0.717, 1.165) is 11.8 Å². The largest absolute Gasteiger partial charge is 0.384 e. The van der Waals surface area contributed by atoms with Gasteiger partial charge in [-0.15, -0.1) is 0 Å². The number of hydrogen-bond donors (Lipinski definition) is 3. The highest BCUT2D eigenvalue weighted by atomic mass is 19.2. The molecule has 2 amide bonds. The molecule has 39 heavy (non-hydrogen) atoms. The zero-order valence-corrected chi connectivity index (χ0v) is 22.4. The van der Waals surface area contributed by atoms with Crippen LogP contribution >= 0.6 is 0 Å². The van der Waals surface area contributed by atoms with E-state index in [-0.39, 0.29) is 29.0 Å². The van der Waals surface area contributed by atoms with Crippen LogP contribution in [0.25, 0.3) is 0 Å². The standard InChI is InChI=1S/C28H34F2N6O3/c1-16-13-20(26(37)34-33-16)17-9-11-35(12-10-17)27(38)32-22-8-7-18(19-5-4-6-21(29)24(19)30)15-36-23(28(2,3)39)14-31-25(22)36/h4-6,13-14,17-18,22,39H,7-12,15H2,1-3H3,(H,32,38)(H,34,37)/t18-,22-/m1/s1. The van der Waals surface area contributed by atoms with Gasteiger partial charge in [0.05, 0.1) is 23.6 Å². The topological polar surface area (TPSA) is 116 Å². The van der Waals surface area contributed by atoms with Crippen LogP contribution in [0.4, 0.5) is 13.6 Å². The van der Waals surface area contributed by atoms with Gasteiger partial charge in [0, 0.05) is 31.1 Å². The third kappa shape index (κ3) is 5.45. The van der Waals surface area contributed by atoms with Crippen LogP contribution in [-0.4, -0.2) is 48.9 Å². The fourth-order valence-electron chi connectivity index (χ4n) is 5.85. The van der Waals surface area contributed by atoms with Gasteiger partial charge in [-0.25, -0.2) is 23.7 Å². The summed E-state index contributed by atoms with van der Waals surface area (Å²) >= 11 is 0. The zero-order valence-electron chi connectivity index (χ0n) is 22.4. The molecule has 0 aliphatic carbocycles. The van der Waals surface area contributed by atoms with E-state index in [1.165, 1.54) is 6.07 Å². The first-order valence-electron chi connectivity index (χ1n) is 13.4. The maximum Gasteiger partial charge on any atom is 0.317 e. The molecule has 2 aliphatic rings. The Morgan fingerprint density at radius 3 is 2.59 bits per heavy atom. The van der Waals surface area contributed by atoms with E-state index in [9.17, 15) is 23.5 Å². The van der Waals surface area contributed by atoms with E-state index < -0.39 is 23.3 Å². The molecule has 2 aromatic heterocycles. The van der Waals surface area contributed by atoms with Crippen LogP contribution in [0.5, 0.6) is 0 Å². The summed E-state index contributed by atoms with van der Waals surface area (Å²) in [7, 11) is 0. The molecule has 0 saturated carbocycles. The number of urea groups is 1. The van der Waals surface area contributed by atoms with Gasteiger partial charge in [-0.3, -0.25) is 4.79 Å². The van der Waals surface area contributed by atoms with Crippen LogP contribution in [-0.2, 0) is 12.1 Å². The number of aromatic amines is 1. The summed E-state index contributed by atoms with van der Waals surface area (Å²) < 4.78 is 30.6. The number of imidazole rings is 1. The first-order chi connectivity index (χ1) is 18.5. The van der Waals surface area contributed by atoms with E-state index >= 15 is 0 Å². The van der Waals surface area contributed by atoms with Gasteiger partial charge >= 0.3 is 6.03 Å². The third-order valence-corrected chi connectivity index (χ3v) is 7.93. The van der Waals surface area contributed by atoms with E-state index in [0.29, 0.717) is 62.4 Å². The fraction of sp³-hybridized carbons (Fsp3) is 0.500. The lowest BCUT2D eigenvalue weighted by Gasteiger charge is -2.33. The number of carbonyl (C=O) groups excluding carboxylic acids is 1. The number of aliphatic hydroxyl groups is 1. The quantitative estimate of drug-likeness (QED) is 0.463. The summed E-state index contributed by atoms with van der Waals surface area (Å²) in [6, 6.07) is 5.27. The number of nitrogens with zero attached hydrogens (tertiary/aromatic N) is 4. The van der Waals surface area contributed by atoms with Crippen molar-refractivity contribution < 1.29 is 18.7 Å². The molecule has 11 heteroatoms. The molecule has 2 atom stereocenters. The monoisotopic (exact) mass is 540 g/mol. The lowest BCUT2D eigenvalue weighted by molar-refractivity contribution is 0.0690. The fourth-order valence-corrected chi connectivity index (χ4v) is 5.85. The summed E-state index contributed by atoms with van der Waals surface area (Å²) in [6.07, 6.45) is 3.85. The molecule has 5 rings (SSSR count). The summed E-state index contributed by atoms with van der Waals surface area (Å²) in [5.41, 5.74) is 0.838. The van der Waals surface area contributed by atoms with Gasteiger partial charge in [-0.1, -0.05) is 12.1 Å². The van der Waals surface area contributed by atoms with E-state index in [1.807, 2.05) is 17.6 Å². The summed E-state index contributed by atoms with van der Waals surface area (Å²) in [5, 5.41) is 20.4. The van der Waals surface area contributed by atoms with Crippen molar-refractivity contribution in [2.24, 2.45) is 0 Å². The number of carbonyl (C=O) groups is 1. The Morgan fingerprint density at radius 2 is 1.87 bits per heavy atom. The van der Waals surface area contributed by atoms with Crippen molar-refractivity contribution in [1.29, 1.82) is 0 Å². The SMILES string of the molecule is Cc1cc(C2CCN(C(=O)N[C@@H]3CC[C@@H](c4cccc(F)c4F)Cn4c(C(C)(C)O)cnc43)CC2)c(=O)[nH]n1. The second kappa shape index (κ2) is 10.5. The molecule has 1 aromatic carbocycles. The lowest BCUT2D eigenvalue weighted by atomic mass is 9.90. The van der Waals surface area contributed by atoms with Crippen molar-refractivity contribution >= 4 is 6.03 Å². The zero-order chi connectivity index (χ0) is 27.9. The molecule has 3 N–H and O–H groups in total. The Balaban J connectivity index is 1.34. The van der Waals surface area contributed by atoms with Crippen molar-refractivity contribution in [2.45, 2.75) is 76.5 Å². The second-order valence-electron chi connectivity index (χ2n) is 11.1. The number of rotatable bonds is 4. The highest BCUT2D eigenvalue weighted by Gasteiger charge is 2.35. The normalized spacial score (nSPS) is 20.4. The second-order valence-corrected chi connectivity index (χ2v) is 11.1. The summed E-state index contributed by atoms with van der Waals surface area (Å²) in [4.78, 5) is 31.9. The Labute approximate surface area is 225 Å². The number of H-pyrrole nitrogens is 1. The molecule has 0 radical (unpaired) electrons. The molecule has 208 valence electrons. The smallest absolute Gasteiger partial charge is 0.317 e. The number of nitrogens with one attached hydrogen (secondary N) is 2. The van der Waals surface area contributed by atoms with Gasteiger partial charge in [0.25, 0.3) is 5.56 Å². The number of hydrogen-bond acceptors (Lipinski definition) is 5. The minimum atomic E-state index is -1.22. The van der Waals surface area contributed by atoms with Gasteiger partial charge in [0.15, 0.2) is 11.6 Å². The minimum absolute atomic E-state index is 0.0487. The maximum atomic E-state index is 14.8. The molecule has 2 aliphatic heterocycles. The van der Waals surface area contributed by atoms with E-state index in [4.69, 9.17) is 0 Å². The molecular weight excluding hydrogens is 506 g/mol. The molecule has 3 aromatic rings.